The van der Waals surface area contributed by atoms with Gasteiger partial charge >= 0.3 is 5.97 Å². The van der Waals surface area contributed by atoms with Crippen molar-refractivity contribution in [3.8, 4) is 0 Å². The summed E-state index contributed by atoms with van der Waals surface area (Å²) in [6.07, 6.45) is 4.02. The van der Waals surface area contributed by atoms with Crippen molar-refractivity contribution >= 4 is 17.4 Å². The summed E-state index contributed by atoms with van der Waals surface area (Å²) in [4.78, 5) is 11.9. The second-order valence-electron chi connectivity index (χ2n) is 4.65. The fourth-order valence-electron chi connectivity index (χ4n) is 2.42. The number of carbonyl (C=O) groups is 1. The molecule has 0 amide bonds. The summed E-state index contributed by atoms with van der Waals surface area (Å²) in [6, 6.07) is 9.77. The first kappa shape index (κ1) is 12.7. The molecular formula is C15H16N2O3. The second kappa shape index (κ2) is 5.36. The molecule has 1 aromatic rings. The Morgan fingerprint density at radius 1 is 1.45 bits per heavy atom. The molecule has 104 valence electrons. The predicted octanol–water partition coefficient (Wildman–Crippen LogP) is 2.10. The first-order chi connectivity index (χ1) is 9.79. The van der Waals surface area contributed by atoms with E-state index in [1.54, 1.807) is 13.2 Å². The lowest BCUT2D eigenvalue weighted by Gasteiger charge is -2.33. The molecule has 0 bridgehead atoms. The van der Waals surface area contributed by atoms with Gasteiger partial charge in [-0.1, -0.05) is 18.2 Å². The summed E-state index contributed by atoms with van der Waals surface area (Å²) >= 11 is 0. The van der Waals surface area contributed by atoms with Crippen LogP contribution in [-0.2, 0) is 14.3 Å². The highest BCUT2D eigenvalue weighted by molar-refractivity contribution is 6.37. The van der Waals surface area contributed by atoms with Crippen molar-refractivity contribution in [1.82, 2.24) is 0 Å². The van der Waals surface area contributed by atoms with Crippen LogP contribution < -0.4 is 5.01 Å². The lowest BCUT2D eigenvalue weighted by Crippen LogP contribution is -2.45. The third-order valence-corrected chi connectivity index (χ3v) is 3.35. The molecule has 20 heavy (non-hydrogen) atoms. The number of carbonyl (C=O) groups excluding carboxylic acids is 1. The summed E-state index contributed by atoms with van der Waals surface area (Å²) in [7, 11) is 0. The number of rotatable bonds is 3. The number of ether oxygens (including phenoxy) is 2. The maximum atomic E-state index is 11.9. The van der Waals surface area contributed by atoms with Crippen LogP contribution in [0.5, 0.6) is 0 Å². The van der Waals surface area contributed by atoms with Crippen molar-refractivity contribution in [3.63, 3.8) is 0 Å². The molecule has 2 unspecified atom stereocenters. The number of hydrogen-bond donors (Lipinski definition) is 0. The molecule has 5 heteroatoms. The van der Waals surface area contributed by atoms with Crippen LogP contribution in [-0.4, -0.2) is 30.4 Å². The summed E-state index contributed by atoms with van der Waals surface area (Å²) in [5.74, 6) is -0.373. The minimum Gasteiger partial charge on any atom is -0.495 e. The number of hydrogen-bond acceptors (Lipinski definition) is 5. The normalized spacial score (nSPS) is 23.9. The zero-order chi connectivity index (χ0) is 13.9. The quantitative estimate of drug-likeness (QED) is 0.791. The van der Waals surface area contributed by atoms with Gasteiger partial charge in [-0.05, 0) is 25.1 Å². The van der Waals surface area contributed by atoms with Crippen LogP contribution in [0.4, 0.5) is 5.69 Å². The van der Waals surface area contributed by atoms with Crippen molar-refractivity contribution in [3.05, 3.63) is 42.7 Å². The highest BCUT2D eigenvalue weighted by Crippen LogP contribution is 2.29. The number of nitrogens with zero attached hydrogens (tertiary/aromatic N) is 2. The van der Waals surface area contributed by atoms with E-state index >= 15 is 0 Å². The Balaban J connectivity index is 1.93. The molecule has 0 saturated heterocycles. The van der Waals surface area contributed by atoms with Crippen LogP contribution in [0.2, 0.25) is 0 Å². The summed E-state index contributed by atoms with van der Waals surface area (Å²) < 4.78 is 10.6. The van der Waals surface area contributed by atoms with E-state index in [4.69, 9.17) is 9.47 Å². The smallest absolute Gasteiger partial charge is 0.354 e. The van der Waals surface area contributed by atoms with Gasteiger partial charge in [0.05, 0.1) is 18.6 Å². The third kappa shape index (κ3) is 2.27. The molecule has 0 N–H and O–H groups in total. The van der Waals surface area contributed by atoms with Crippen LogP contribution in [0.15, 0.2) is 47.8 Å². The van der Waals surface area contributed by atoms with E-state index in [1.807, 2.05) is 41.4 Å². The van der Waals surface area contributed by atoms with E-state index < -0.39 is 0 Å². The number of fused-ring (bicyclic) bond motifs is 1. The van der Waals surface area contributed by atoms with E-state index in [0.717, 1.165) is 5.69 Å². The Bertz CT molecular complexity index is 553. The molecule has 1 aromatic carbocycles. The Kier molecular flexibility index (Phi) is 3.41. The Labute approximate surface area is 117 Å². The lowest BCUT2D eigenvalue weighted by atomic mass is 10.0. The molecule has 2 heterocycles. The van der Waals surface area contributed by atoms with Crippen molar-refractivity contribution in [2.24, 2.45) is 5.10 Å². The van der Waals surface area contributed by atoms with E-state index in [1.165, 1.54) is 0 Å². The van der Waals surface area contributed by atoms with Crippen molar-refractivity contribution in [1.29, 1.82) is 0 Å². The van der Waals surface area contributed by atoms with Crippen molar-refractivity contribution in [2.45, 2.75) is 25.5 Å². The lowest BCUT2D eigenvalue weighted by molar-refractivity contribution is -0.135. The first-order valence-electron chi connectivity index (χ1n) is 6.70. The molecule has 2 aliphatic rings. The molecular weight excluding hydrogens is 256 g/mol. The zero-order valence-corrected chi connectivity index (χ0v) is 11.2. The molecule has 5 nitrogen and oxygen atoms in total. The van der Waals surface area contributed by atoms with Gasteiger partial charge in [0, 0.05) is 6.42 Å². The second-order valence-corrected chi connectivity index (χ2v) is 4.65. The fourth-order valence-corrected chi connectivity index (χ4v) is 2.42. The van der Waals surface area contributed by atoms with Crippen molar-refractivity contribution in [2.75, 3.05) is 11.6 Å². The van der Waals surface area contributed by atoms with Gasteiger partial charge in [0.25, 0.3) is 0 Å². The van der Waals surface area contributed by atoms with Gasteiger partial charge in [-0.2, -0.15) is 5.10 Å². The SMILES string of the molecule is CCOC(=O)C1=NN(c2ccccc2)C2C=COC2C1. The standard InChI is InChI=1S/C15H16N2O3/c1-2-19-15(18)12-10-14-13(8-9-20-14)17(16-12)11-6-4-3-5-7-11/h3-9,13-14H,2,10H2,1H3. The number of benzene rings is 1. The van der Waals surface area contributed by atoms with Crippen molar-refractivity contribution < 1.29 is 14.3 Å². The summed E-state index contributed by atoms with van der Waals surface area (Å²) in [5.41, 5.74) is 1.33. The molecule has 0 radical (unpaired) electrons. The highest BCUT2D eigenvalue weighted by Gasteiger charge is 2.38. The molecule has 0 aliphatic carbocycles. The Morgan fingerprint density at radius 3 is 3.00 bits per heavy atom. The minimum absolute atomic E-state index is 0.0237. The van der Waals surface area contributed by atoms with Gasteiger partial charge in [-0.25, -0.2) is 4.79 Å². The number of anilines is 1. The maximum absolute atomic E-state index is 11.9. The van der Waals surface area contributed by atoms with E-state index in [2.05, 4.69) is 5.10 Å². The average molecular weight is 272 g/mol. The molecule has 0 aromatic heterocycles. The number of esters is 1. The largest absolute Gasteiger partial charge is 0.495 e. The zero-order valence-electron chi connectivity index (χ0n) is 11.2. The van der Waals surface area contributed by atoms with E-state index in [0.29, 0.717) is 18.7 Å². The van der Waals surface area contributed by atoms with Gasteiger partial charge in [0.1, 0.15) is 17.9 Å². The summed E-state index contributed by atoms with van der Waals surface area (Å²) in [6.45, 7) is 2.13. The average Bonchev–Trinajstić information content (AvgIpc) is 2.95. The molecule has 0 spiro atoms. The number of hydrazone groups is 1. The van der Waals surface area contributed by atoms with Gasteiger partial charge < -0.3 is 9.47 Å². The first-order valence-corrected chi connectivity index (χ1v) is 6.70. The monoisotopic (exact) mass is 272 g/mol. The molecule has 0 saturated carbocycles. The number of para-hydroxylation sites is 1. The molecule has 2 atom stereocenters. The van der Waals surface area contributed by atoms with Crippen LogP contribution >= 0.6 is 0 Å². The maximum Gasteiger partial charge on any atom is 0.354 e. The van der Waals surface area contributed by atoms with Gasteiger partial charge in [-0.15, -0.1) is 0 Å². The topological polar surface area (TPSA) is 51.1 Å². The van der Waals surface area contributed by atoms with Gasteiger partial charge in [0.2, 0.25) is 0 Å². The van der Waals surface area contributed by atoms with Gasteiger partial charge in [-0.3, -0.25) is 5.01 Å². The highest BCUT2D eigenvalue weighted by atomic mass is 16.5. The van der Waals surface area contributed by atoms with Crippen LogP contribution in [0, 0.1) is 0 Å². The summed E-state index contributed by atoms with van der Waals surface area (Å²) in [5, 5.41) is 6.28. The molecule has 3 rings (SSSR count). The molecule has 0 fully saturated rings. The van der Waals surface area contributed by atoms with E-state index in [-0.39, 0.29) is 18.1 Å². The third-order valence-electron chi connectivity index (χ3n) is 3.35. The Morgan fingerprint density at radius 2 is 2.25 bits per heavy atom. The van der Waals surface area contributed by atoms with E-state index in [9.17, 15) is 4.79 Å². The minimum atomic E-state index is -0.373. The molecule has 2 aliphatic heterocycles. The van der Waals surface area contributed by atoms with Gasteiger partial charge in [0.15, 0.2) is 0 Å². The predicted molar refractivity (Wildman–Crippen MR) is 75.4 cm³/mol. The fraction of sp³-hybridized carbons (Fsp3) is 0.333. The van der Waals surface area contributed by atoms with Crippen LogP contribution in [0.25, 0.3) is 0 Å². The Hall–Kier alpha value is -2.30. The van der Waals surface area contributed by atoms with Crippen LogP contribution in [0.1, 0.15) is 13.3 Å². The van der Waals surface area contributed by atoms with Crippen LogP contribution in [0.3, 0.4) is 0 Å².